The highest BCUT2D eigenvalue weighted by Gasteiger charge is 2.17. The van der Waals surface area contributed by atoms with Crippen LogP contribution in [0.4, 0.5) is 0 Å². The lowest BCUT2D eigenvalue weighted by Gasteiger charge is -2.24. The summed E-state index contributed by atoms with van der Waals surface area (Å²) in [4.78, 5) is 0. The van der Waals surface area contributed by atoms with E-state index >= 15 is 0 Å². The number of hydrogen-bond acceptors (Lipinski definition) is 4. The van der Waals surface area contributed by atoms with Crippen LogP contribution in [0.2, 0.25) is 0 Å². The van der Waals surface area contributed by atoms with Gasteiger partial charge < -0.3 is 4.74 Å². The van der Waals surface area contributed by atoms with E-state index in [2.05, 4.69) is 39.2 Å². The highest BCUT2D eigenvalue weighted by Crippen LogP contribution is 2.29. The van der Waals surface area contributed by atoms with E-state index in [-0.39, 0.29) is 0 Å². The normalized spacial score (nSPS) is 17.7. The van der Waals surface area contributed by atoms with Crippen LogP contribution in [0.25, 0.3) is 0 Å². The summed E-state index contributed by atoms with van der Waals surface area (Å²) in [6.07, 6.45) is 7.83. The molecule has 0 spiro atoms. The van der Waals surface area contributed by atoms with Crippen LogP contribution >= 0.6 is 27.7 Å². The van der Waals surface area contributed by atoms with E-state index in [0.717, 1.165) is 27.6 Å². The first-order valence-electron chi connectivity index (χ1n) is 7.63. The van der Waals surface area contributed by atoms with Crippen molar-refractivity contribution in [3.8, 4) is 5.75 Å². The summed E-state index contributed by atoms with van der Waals surface area (Å²) in [6.45, 7) is 0. The van der Waals surface area contributed by atoms with E-state index in [1.807, 2.05) is 12.1 Å². The Hall–Kier alpha value is -0.230. The lowest BCUT2D eigenvalue weighted by Crippen LogP contribution is -2.39. The molecule has 1 saturated carbocycles. The van der Waals surface area contributed by atoms with Crippen molar-refractivity contribution in [2.45, 2.75) is 49.8 Å². The van der Waals surface area contributed by atoms with Crippen LogP contribution in [-0.2, 0) is 6.42 Å². The fourth-order valence-electron chi connectivity index (χ4n) is 2.75. The van der Waals surface area contributed by atoms with Gasteiger partial charge in [0.15, 0.2) is 0 Å². The van der Waals surface area contributed by atoms with Crippen LogP contribution in [0.5, 0.6) is 5.75 Å². The van der Waals surface area contributed by atoms with Gasteiger partial charge in [0.25, 0.3) is 0 Å². The summed E-state index contributed by atoms with van der Waals surface area (Å²) in [7, 11) is 1.70. The predicted octanol–water partition coefficient (Wildman–Crippen LogP) is 3.90. The molecule has 118 valence electrons. The van der Waals surface area contributed by atoms with E-state index in [4.69, 9.17) is 10.6 Å². The molecule has 2 rings (SSSR count). The summed E-state index contributed by atoms with van der Waals surface area (Å²) in [5, 5.41) is 0.823. The molecule has 0 aromatic heterocycles. The first-order valence-corrected chi connectivity index (χ1v) is 9.47. The van der Waals surface area contributed by atoms with Crippen LogP contribution in [-0.4, -0.2) is 24.2 Å². The number of methoxy groups -OCH3 is 1. The van der Waals surface area contributed by atoms with Crippen LogP contribution in [0.3, 0.4) is 0 Å². The Morgan fingerprint density at radius 2 is 2.14 bits per heavy atom. The zero-order valence-electron chi connectivity index (χ0n) is 12.6. The molecule has 1 aliphatic rings. The van der Waals surface area contributed by atoms with Gasteiger partial charge in [-0.3, -0.25) is 11.3 Å². The highest BCUT2D eigenvalue weighted by atomic mass is 79.9. The molecule has 0 bridgehead atoms. The van der Waals surface area contributed by atoms with Gasteiger partial charge in [-0.1, -0.05) is 35.2 Å². The number of hydrogen-bond donors (Lipinski definition) is 2. The third-order valence-corrected chi connectivity index (χ3v) is 6.35. The number of nitrogens with two attached hydrogens (primary N) is 1. The van der Waals surface area contributed by atoms with Crippen molar-refractivity contribution in [2.75, 3.05) is 12.9 Å². The molecule has 1 aliphatic carbocycles. The highest BCUT2D eigenvalue weighted by molar-refractivity contribution is 9.10. The molecule has 0 aliphatic heterocycles. The summed E-state index contributed by atoms with van der Waals surface area (Å²) in [5.74, 6) is 7.70. The van der Waals surface area contributed by atoms with Gasteiger partial charge in [-0.15, -0.1) is 0 Å². The van der Waals surface area contributed by atoms with Crippen molar-refractivity contribution in [2.24, 2.45) is 5.84 Å². The van der Waals surface area contributed by atoms with E-state index < -0.39 is 0 Å². The minimum absolute atomic E-state index is 0.292. The van der Waals surface area contributed by atoms with Crippen molar-refractivity contribution in [3.63, 3.8) is 0 Å². The molecule has 0 heterocycles. The Kier molecular flexibility index (Phi) is 7.37. The Labute approximate surface area is 140 Å². The Morgan fingerprint density at radius 1 is 1.38 bits per heavy atom. The second-order valence-corrected chi connectivity index (χ2v) is 7.81. The molecule has 3 nitrogen and oxygen atoms in total. The van der Waals surface area contributed by atoms with E-state index in [1.54, 1.807) is 7.11 Å². The summed E-state index contributed by atoms with van der Waals surface area (Å²) in [6, 6.07) is 6.38. The first-order chi connectivity index (χ1) is 10.2. The zero-order valence-corrected chi connectivity index (χ0v) is 15.0. The fourth-order valence-corrected chi connectivity index (χ4v) is 4.54. The van der Waals surface area contributed by atoms with Crippen LogP contribution in [0.15, 0.2) is 22.7 Å². The van der Waals surface area contributed by atoms with E-state index in [1.165, 1.54) is 37.7 Å². The molecule has 1 aromatic carbocycles. The van der Waals surface area contributed by atoms with Crippen molar-refractivity contribution in [1.29, 1.82) is 0 Å². The molecule has 5 heteroatoms. The minimum Gasteiger partial charge on any atom is -0.497 e. The maximum Gasteiger partial charge on any atom is 0.119 e. The number of ether oxygens (including phenoxy) is 1. The largest absolute Gasteiger partial charge is 0.497 e. The lowest BCUT2D eigenvalue weighted by molar-refractivity contribution is 0.414. The SMILES string of the molecule is COc1ccc(Br)c(CC(CSC2CCCCC2)NN)c1. The molecule has 1 aromatic rings. The topological polar surface area (TPSA) is 47.3 Å². The number of halogens is 1. The van der Waals surface area contributed by atoms with Crippen molar-refractivity contribution >= 4 is 27.7 Å². The molecule has 1 unspecified atom stereocenters. The average Bonchev–Trinajstić information content (AvgIpc) is 2.54. The molecule has 1 atom stereocenters. The first kappa shape index (κ1) is 17.1. The van der Waals surface area contributed by atoms with Crippen LogP contribution < -0.4 is 16.0 Å². The molecule has 0 radical (unpaired) electrons. The summed E-state index contributed by atoms with van der Waals surface area (Å²) >= 11 is 5.69. The van der Waals surface area contributed by atoms with Crippen molar-refractivity contribution in [1.82, 2.24) is 5.43 Å². The van der Waals surface area contributed by atoms with Crippen molar-refractivity contribution in [3.05, 3.63) is 28.2 Å². The zero-order chi connectivity index (χ0) is 15.1. The van der Waals surface area contributed by atoms with Gasteiger partial charge in [-0.05, 0) is 43.0 Å². The lowest BCUT2D eigenvalue weighted by atomic mass is 10.0. The van der Waals surface area contributed by atoms with Crippen LogP contribution in [0, 0.1) is 0 Å². The summed E-state index contributed by atoms with van der Waals surface area (Å²) < 4.78 is 6.42. The molecule has 3 N–H and O–H groups in total. The third-order valence-electron chi connectivity index (χ3n) is 4.04. The number of benzene rings is 1. The number of rotatable bonds is 7. The van der Waals surface area contributed by atoms with Gasteiger partial charge in [-0.25, -0.2) is 0 Å². The van der Waals surface area contributed by atoms with Crippen LogP contribution in [0.1, 0.15) is 37.7 Å². The third kappa shape index (κ3) is 5.47. The number of nitrogens with one attached hydrogen (secondary N) is 1. The quantitative estimate of drug-likeness (QED) is 0.562. The van der Waals surface area contributed by atoms with E-state index in [0.29, 0.717) is 6.04 Å². The smallest absolute Gasteiger partial charge is 0.119 e. The van der Waals surface area contributed by atoms with Gasteiger partial charge in [0, 0.05) is 21.5 Å². The summed E-state index contributed by atoms with van der Waals surface area (Å²) in [5.41, 5.74) is 4.21. The maximum absolute atomic E-state index is 5.75. The van der Waals surface area contributed by atoms with Gasteiger partial charge in [0.05, 0.1) is 7.11 Å². The molecular weight excluding hydrogens is 348 g/mol. The molecular formula is C16H25BrN2OS. The maximum atomic E-state index is 5.75. The Bertz CT molecular complexity index is 438. The monoisotopic (exact) mass is 372 g/mol. The molecule has 21 heavy (non-hydrogen) atoms. The van der Waals surface area contributed by atoms with Gasteiger partial charge >= 0.3 is 0 Å². The average molecular weight is 373 g/mol. The van der Waals surface area contributed by atoms with Gasteiger partial charge in [0.1, 0.15) is 5.75 Å². The standard InChI is InChI=1S/C16H25BrN2OS/c1-20-14-7-8-16(17)12(10-14)9-13(19-18)11-21-15-5-3-2-4-6-15/h7-8,10,13,15,19H,2-6,9,11,18H2,1H3. The molecule has 0 saturated heterocycles. The Morgan fingerprint density at radius 3 is 2.81 bits per heavy atom. The Balaban J connectivity index is 1.89. The second-order valence-electron chi connectivity index (χ2n) is 5.62. The molecule has 0 amide bonds. The van der Waals surface area contributed by atoms with Gasteiger partial charge in [-0.2, -0.15) is 11.8 Å². The van der Waals surface area contributed by atoms with E-state index in [9.17, 15) is 0 Å². The number of thioether (sulfide) groups is 1. The molecule has 1 fully saturated rings. The second kappa shape index (κ2) is 9.03. The minimum atomic E-state index is 0.292. The van der Waals surface area contributed by atoms with Gasteiger partial charge in [0.2, 0.25) is 0 Å². The van der Waals surface area contributed by atoms with Crippen molar-refractivity contribution < 1.29 is 4.74 Å². The predicted molar refractivity (Wildman–Crippen MR) is 94.8 cm³/mol. The fraction of sp³-hybridized carbons (Fsp3) is 0.625. The number of hydrazine groups is 1.